The van der Waals surface area contributed by atoms with E-state index in [9.17, 15) is 0 Å². The van der Waals surface area contributed by atoms with Crippen molar-refractivity contribution < 1.29 is 4.74 Å². The minimum atomic E-state index is -0.199. The van der Waals surface area contributed by atoms with E-state index < -0.39 is 0 Å². The zero-order valence-corrected chi connectivity index (χ0v) is 13.3. The lowest BCUT2D eigenvalue weighted by Crippen LogP contribution is -2.51. The molecule has 1 aromatic carbocycles. The largest absolute Gasteiger partial charge is 0.375 e. The normalized spacial score (nSPS) is 28.2. The van der Waals surface area contributed by atoms with Crippen LogP contribution in [0.1, 0.15) is 63.9 Å². The van der Waals surface area contributed by atoms with Crippen LogP contribution in [0.25, 0.3) is 0 Å². The Labute approximate surface area is 129 Å². The van der Waals surface area contributed by atoms with Crippen molar-refractivity contribution in [3.63, 3.8) is 0 Å². The van der Waals surface area contributed by atoms with Crippen molar-refractivity contribution in [2.45, 2.75) is 69.4 Å². The average Bonchev–Trinajstić information content (AvgIpc) is 2.56. The summed E-state index contributed by atoms with van der Waals surface area (Å²) in [5.41, 5.74) is 8.16. The molecule has 2 heteroatoms. The maximum absolute atomic E-state index is 6.93. The zero-order chi connectivity index (χ0) is 14.8. The molecule has 0 bridgehead atoms. The second-order valence-corrected chi connectivity index (χ2v) is 7.04. The van der Waals surface area contributed by atoms with Crippen molar-refractivity contribution in [1.29, 1.82) is 0 Å². The molecular weight excluding hydrogens is 258 g/mol. The third kappa shape index (κ3) is 2.89. The summed E-state index contributed by atoms with van der Waals surface area (Å²) < 4.78 is 6.26. The van der Waals surface area contributed by atoms with Gasteiger partial charge in [0.2, 0.25) is 0 Å². The van der Waals surface area contributed by atoms with Gasteiger partial charge in [-0.15, -0.1) is 0 Å². The van der Waals surface area contributed by atoms with Crippen LogP contribution in [-0.4, -0.2) is 12.2 Å². The van der Waals surface area contributed by atoms with Crippen LogP contribution in [0.15, 0.2) is 30.3 Å². The lowest BCUT2D eigenvalue weighted by Gasteiger charge is -2.49. The maximum atomic E-state index is 6.93. The van der Waals surface area contributed by atoms with Crippen molar-refractivity contribution in [3.05, 3.63) is 35.9 Å². The Kier molecular flexibility index (Phi) is 4.37. The Hall–Kier alpha value is -0.860. The summed E-state index contributed by atoms with van der Waals surface area (Å²) in [6, 6.07) is 10.7. The first-order valence-electron chi connectivity index (χ1n) is 8.67. The number of benzene rings is 1. The van der Waals surface area contributed by atoms with Crippen LogP contribution in [0, 0.1) is 5.92 Å². The molecule has 2 atom stereocenters. The monoisotopic (exact) mass is 287 g/mol. The maximum Gasteiger partial charge on any atom is 0.0686 e. The van der Waals surface area contributed by atoms with E-state index >= 15 is 0 Å². The van der Waals surface area contributed by atoms with Gasteiger partial charge in [-0.25, -0.2) is 0 Å². The fourth-order valence-electron chi connectivity index (χ4n) is 4.49. The molecule has 1 saturated carbocycles. The highest BCUT2D eigenvalue weighted by Crippen LogP contribution is 2.46. The highest BCUT2D eigenvalue weighted by Gasteiger charge is 2.45. The lowest BCUT2D eigenvalue weighted by molar-refractivity contribution is -0.128. The van der Waals surface area contributed by atoms with Gasteiger partial charge in [-0.1, -0.05) is 56.5 Å². The fraction of sp³-hybridized carbons (Fsp3) is 0.684. The average molecular weight is 287 g/mol. The molecule has 1 heterocycles. The number of hydrogen-bond donors (Lipinski definition) is 1. The molecule has 1 aliphatic carbocycles. The van der Waals surface area contributed by atoms with E-state index in [0.29, 0.717) is 5.92 Å². The van der Waals surface area contributed by atoms with E-state index in [1.165, 1.54) is 37.7 Å². The molecule has 116 valence electrons. The van der Waals surface area contributed by atoms with Crippen LogP contribution >= 0.6 is 0 Å². The van der Waals surface area contributed by atoms with Crippen molar-refractivity contribution in [3.8, 4) is 0 Å². The number of ether oxygens (including phenoxy) is 1. The van der Waals surface area contributed by atoms with E-state index in [-0.39, 0.29) is 11.1 Å². The standard InChI is InChI=1S/C19H29NO/c1-2-19(20,16-9-5-3-6-10-16)17-11-14-21-18(15-17)12-7-4-8-13-18/h3,5-6,9-10,17H,2,4,7-8,11-15,20H2,1H3. The number of nitrogens with two attached hydrogens (primary N) is 1. The second-order valence-electron chi connectivity index (χ2n) is 7.04. The van der Waals surface area contributed by atoms with Crippen molar-refractivity contribution in [2.24, 2.45) is 11.7 Å². The summed E-state index contributed by atoms with van der Waals surface area (Å²) >= 11 is 0. The molecule has 1 saturated heterocycles. The van der Waals surface area contributed by atoms with Gasteiger partial charge in [0.15, 0.2) is 0 Å². The van der Waals surface area contributed by atoms with Gasteiger partial charge in [0.25, 0.3) is 0 Å². The molecule has 2 aliphatic rings. The Morgan fingerprint density at radius 2 is 1.90 bits per heavy atom. The molecule has 21 heavy (non-hydrogen) atoms. The molecule has 0 amide bonds. The molecule has 0 radical (unpaired) electrons. The minimum Gasteiger partial charge on any atom is -0.375 e. The van der Waals surface area contributed by atoms with Crippen LogP contribution in [0.2, 0.25) is 0 Å². The van der Waals surface area contributed by atoms with Crippen LogP contribution in [-0.2, 0) is 10.3 Å². The summed E-state index contributed by atoms with van der Waals surface area (Å²) in [7, 11) is 0. The van der Waals surface area contributed by atoms with Gasteiger partial charge in [0.1, 0.15) is 0 Å². The molecule has 2 nitrogen and oxygen atoms in total. The van der Waals surface area contributed by atoms with Gasteiger partial charge in [-0.3, -0.25) is 0 Å². The van der Waals surface area contributed by atoms with Gasteiger partial charge in [-0.05, 0) is 43.6 Å². The van der Waals surface area contributed by atoms with E-state index in [1.54, 1.807) is 0 Å². The molecule has 3 rings (SSSR count). The Balaban J connectivity index is 1.83. The number of rotatable bonds is 3. The summed E-state index contributed by atoms with van der Waals surface area (Å²) in [5.74, 6) is 0.539. The van der Waals surface area contributed by atoms with Crippen molar-refractivity contribution >= 4 is 0 Å². The highest BCUT2D eigenvalue weighted by molar-refractivity contribution is 5.25. The quantitative estimate of drug-likeness (QED) is 0.895. The van der Waals surface area contributed by atoms with Crippen molar-refractivity contribution in [1.82, 2.24) is 0 Å². The predicted molar refractivity (Wildman–Crippen MR) is 87.1 cm³/mol. The zero-order valence-electron chi connectivity index (χ0n) is 13.3. The molecule has 1 aliphatic heterocycles. The molecule has 2 fully saturated rings. The van der Waals surface area contributed by atoms with Gasteiger partial charge in [-0.2, -0.15) is 0 Å². The highest BCUT2D eigenvalue weighted by atomic mass is 16.5. The Bertz CT molecular complexity index is 446. The molecule has 2 unspecified atom stereocenters. The molecule has 1 aromatic rings. The number of hydrogen-bond acceptors (Lipinski definition) is 2. The van der Waals surface area contributed by atoms with Crippen LogP contribution in [0.3, 0.4) is 0 Å². The van der Waals surface area contributed by atoms with E-state index in [2.05, 4.69) is 37.3 Å². The smallest absolute Gasteiger partial charge is 0.0686 e. The van der Waals surface area contributed by atoms with Crippen molar-refractivity contribution in [2.75, 3.05) is 6.61 Å². The molecular formula is C19H29NO. The topological polar surface area (TPSA) is 35.2 Å². The summed E-state index contributed by atoms with van der Waals surface area (Å²) in [4.78, 5) is 0. The summed E-state index contributed by atoms with van der Waals surface area (Å²) in [6.45, 7) is 3.12. The van der Waals surface area contributed by atoms with Crippen LogP contribution in [0.4, 0.5) is 0 Å². The summed E-state index contributed by atoms with van der Waals surface area (Å²) in [5, 5.41) is 0. The first-order chi connectivity index (χ1) is 10.2. The first-order valence-corrected chi connectivity index (χ1v) is 8.67. The van der Waals surface area contributed by atoms with E-state index in [4.69, 9.17) is 10.5 Å². The predicted octanol–water partition coefficient (Wildman–Crippen LogP) is 4.38. The first kappa shape index (κ1) is 15.1. The SMILES string of the molecule is CCC(N)(c1ccccc1)C1CCOC2(CCCCC2)C1. The van der Waals surface area contributed by atoms with E-state index in [1.807, 2.05) is 0 Å². The van der Waals surface area contributed by atoms with Gasteiger partial charge in [0.05, 0.1) is 5.60 Å². The molecule has 2 N–H and O–H groups in total. The van der Waals surface area contributed by atoms with Crippen LogP contribution in [0.5, 0.6) is 0 Å². The van der Waals surface area contributed by atoms with E-state index in [0.717, 1.165) is 25.9 Å². The lowest BCUT2D eigenvalue weighted by atomic mass is 9.67. The molecule has 1 spiro atoms. The second kappa shape index (κ2) is 6.10. The van der Waals surface area contributed by atoms with Gasteiger partial charge >= 0.3 is 0 Å². The third-order valence-corrected chi connectivity index (χ3v) is 5.88. The summed E-state index contributed by atoms with van der Waals surface area (Å²) in [6.07, 6.45) is 9.72. The Morgan fingerprint density at radius 3 is 2.57 bits per heavy atom. The Morgan fingerprint density at radius 1 is 1.19 bits per heavy atom. The fourth-order valence-corrected chi connectivity index (χ4v) is 4.49. The van der Waals surface area contributed by atoms with Crippen LogP contribution < -0.4 is 5.73 Å². The third-order valence-electron chi connectivity index (χ3n) is 5.88. The van der Waals surface area contributed by atoms with Gasteiger partial charge in [0, 0.05) is 12.1 Å². The minimum absolute atomic E-state index is 0.135. The molecule has 0 aromatic heterocycles. The van der Waals surface area contributed by atoms with Gasteiger partial charge < -0.3 is 10.5 Å².